The fourth-order valence-corrected chi connectivity index (χ4v) is 3.18. The van der Waals surface area contributed by atoms with Crippen molar-refractivity contribution in [2.45, 2.75) is 59.4 Å². The van der Waals surface area contributed by atoms with Crippen molar-refractivity contribution in [1.29, 1.82) is 0 Å². The molecule has 2 aromatic rings. The van der Waals surface area contributed by atoms with Gasteiger partial charge in [0.05, 0.1) is 32.1 Å². The number of benzene rings is 1. The number of hydrogen-bond donors (Lipinski definition) is 1. The number of carbonyl (C=O) groups excluding carboxylic acids is 1. The molecule has 0 bridgehead atoms. The Kier molecular flexibility index (Phi) is 10.7. The van der Waals surface area contributed by atoms with Gasteiger partial charge in [-0.2, -0.15) is 5.10 Å². The molecule has 6 heteroatoms. The summed E-state index contributed by atoms with van der Waals surface area (Å²) in [6.45, 7) is 13.8. The van der Waals surface area contributed by atoms with E-state index in [4.69, 9.17) is 9.47 Å². The number of amides is 1. The van der Waals surface area contributed by atoms with Crippen LogP contribution in [-0.4, -0.2) is 48.7 Å². The summed E-state index contributed by atoms with van der Waals surface area (Å²) in [6, 6.07) is 7.82. The molecule has 1 heterocycles. The van der Waals surface area contributed by atoms with Crippen LogP contribution < -0.4 is 5.32 Å². The van der Waals surface area contributed by atoms with Gasteiger partial charge in [-0.05, 0) is 54.9 Å². The average Bonchev–Trinajstić information content (AvgIpc) is 3.25. The Balaban J connectivity index is 1.65. The van der Waals surface area contributed by atoms with Crippen LogP contribution in [0, 0.1) is 5.92 Å². The van der Waals surface area contributed by atoms with Crippen LogP contribution >= 0.6 is 0 Å². The zero-order chi connectivity index (χ0) is 22.6. The van der Waals surface area contributed by atoms with E-state index in [1.165, 1.54) is 12.0 Å². The third kappa shape index (κ3) is 8.83. The van der Waals surface area contributed by atoms with Crippen LogP contribution in [0.15, 0.2) is 36.7 Å². The Morgan fingerprint density at radius 1 is 0.968 bits per heavy atom. The molecule has 1 N–H and O–H groups in total. The minimum atomic E-state index is -0.0890. The molecule has 172 valence electrons. The van der Waals surface area contributed by atoms with E-state index in [1.54, 1.807) is 0 Å². The summed E-state index contributed by atoms with van der Waals surface area (Å²) in [6.07, 6.45) is 6.29. The Bertz CT molecular complexity index is 769. The predicted molar refractivity (Wildman–Crippen MR) is 125 cm³/mol. The summed E-state index contributed by atoms with van der Waals surface area (Å²) < 4.78 is 13.0. The highest BCUT2D eigenvalue weighted by Gasteiger charge is 2.12. The van der Waals surface area contributed by atoms with Crippen molar-refractivity contribution in [2.75, 3.05) is 33.0 Å². The summed E-state index contributed by atoms with van der Waals surface area (Å²) in [4.78, 5) is 12.3. The number of hydrogen-bond acceptors (Lipinski definition) is 4. The van der Waals surface area contributed by atoms with Gasteiger partial charge < -0.3 is 14.8 Å². The Morgan fingerprint density at radius 2 is 1.65 bits per heavy atom. The molecule has 1 unspecified atom stereocenters. The van der Waals surface area contributed by atoms with E-state index in [0.29, 0.717) is 37.8 Å². The van der Waals surface area contributed by atoms with Crippen LogP contribution in [-0.2, 0) is 9.47 Å². The fraction of sp³-hybridized carbons (Fsp3) is 0.600. The molecule has 0 spiro atoms. The lowest BCUT2D eigenvalue weighted by atomic mass is 10.1. The third-order valence-electron chi connectivity index (χ3n) is 5.31. The van der Waals surface area contributed by atoms with Crippen molar-refractivity contribution in [2.24, 2.45) is 5.92 Å². The van der Waals surface area contributed by atoms with E-state index in [-0.39, 0.29) is 11.9 Å². The van der Waals surface area contributed by atoms with Gasteiger partial charge in [0.15, 0.2) is 0 Å². The van der Waals surface area contributed by atoms with E-state index in [2.05, 4.69) is 51.2 Å². The summed E-state index contributed by atoms with van der Waals surface area (Å²) in [5.74, 6) is 1.09. The van der Waals surface area contributed by atoms with Crippen molar-refractivity contribution < 1.29 is 14.3 Å². The van der Waals surface area contributed by atoms with Crippen molar-refractivity contribution >= 4 is 5.91 Å². The molecule has 0 saturated carbocycles. The average molecular weight is 430 g/mol. The summed E-state index contributed by atoms with van der Waals surface area (Å²) in [7, 11) is 0. The van der Waals surface area contributed by atoms with Gasteiger partial charge in [-0.25, -0.2) is 0 Å². The van der Waals surface area contributed by atoms with Gasteiger partial charge in [0.2, 0.25) is 0 Å². The van der Waals surface area contributed by atoms with Crippen molar-refractivity contribution in [3.05, 3.63) is 53.3 Å². The molecule has 0 aliphatic carbocycles. The highest BCUT2D eigenvalue weighted by Crippen LogP contribution is 2.20. The van der Waals surface area contributed by atoms with Crippen LogP contribution in [0.3, 0.4) is 0 Å². The standard InChI is InChI=1S/C25H39N3O3/c1-19(2)7-6-13-30-15-16-31-14-12-26-25(29)23-10-8-22(9-11-23)21(5)28-18-24(17-27-28)20(3)4/h8-11,17-21H,6-7,12-16H2,1-5H3,(H,26,29). The molecule has 0 saturated heterocycles. The van der Waals surface area contributed by atoms with Crippen LogP contribution in [0.4, 0.5) is 0 Å². The van der Waals surface area contributed by atoms with Gasteiger partial charge >= 0.3 is 0 Å². The maximum Gasteiger partial charge on any atom is 0.251 e. The molecule has 1 aromatic heterocycles. The van der Waals surface area contributed by atoms with Crippen molar-refractivity contribution in [3.8, 4) is 0 Å². The molecular formula is C25H39N3O3. The Hall–Kier alpha value is -2.18. The van der Waals surface area contributed by atoms with E-state index in [1.807, 2.05) is 35.1 Å². The predicted octanol–water partition coefficient (Wildman–Crippen LogP) is 4.82. The molecule has 1 aromatic carbocycles. The first-order valence-corrected chi connectivity index (χ1v) is 11.5. The topological polar surface area (TPSA) is 65.4 Å². The minimum Gasteiger partial charge on any atom is -0.379 e. The molecule has 6 nitrogen and oxygen atoms in total. The second-order valence-electron chi connectivity index (χ2n) is 8.72. The van der Waals surface area contributed by atoms with Gasteiger partial charge in [-0.3, -0.25) is 9.48 Å². The number of nitrogens with one attached hydrogen (secondary N) is 1. The summed E-state index contributed by atoms with van der Waals surface area (Å²) in [5.41, 5.74) is 2.99. The Labute approximate surface area is 187 Å². The number of nitrogens with zero attached hydrogens (tertiary/aromatic N) is 2. The van der Waals surface area contributed by atoms with E-state index < -0.39 is 0 Å². The molecule has 1 atom stereocenters. The molecule has 0 fully saturated rings. The lowest BCUT2D eigenvalue weighted by molar-refractivity contribution is 0.0462. The quantitative estimate of drug-likeness (QED) is 0.438. The van der Waals surface area contributed by atoms with Gasteiger partial charge in [0, 0.05) is 24.9 Å². The third-order valence-corrected chi connectivity index (χ3v) is 5.31. The van der Waals surface area contributed by atoms with Gasteiger partial charge in [0.1, 0.15) is 0 Å². The first kappa shape index (κ1) is 25.1. The second kappa shape index (κ2) is 13.3. The number of aromatic nitrogens is 2. The normalized spacial score (nSPS) is 12.5. The molecule has 0 radical (unpaired) electrons. The van der Waals surface area contributed by atoms with E-state index in [0.717, 1.165) is 24.5 Å². The van der Waals surface area contributed by atoms with E-state index >= 15 is 0 Å². The second-order valence-corrected chi connectivity index (χ2v) is 8.72. The number of ether oxygens (including phenoxy) is 2. The zero-order valence-electron chi connectivity index (χ0n) is 19.8. The molecule has 0 aliphatic rings. The largest absolute Gasteiger partial charge is 0.379 e. The van der Waals surface area contributed by atoms with Crippen LogP contribution in [0.25, 0.3) is 0 Å². The van der Waals surface area contributed by atoms with Crippen molar-refractivity contribution in [1.82, 2.24) is 15.1 Å². The molecule has 2 rings (SSSR count). The first-order valence-electron chi connectivity index (χ1n) is 11.5. The zero-order valence-corrected chi connectivity index (χ0v) is 19.8. The lowest BCUT2D eigenvalue weighted by Gasteiger charge is -2.13. The molecular weight excluding hydrogens is 390 g/mol. The molecule has 1 amide bonds. The van der Waals surface area contributed by atoms with Crippen LogP contribution in [0.1, 0.15) is 80.9 Å². The fourth-order valence-electron chi connectivity index (χ4n) is 3.18. The van der Waals surface area contributed by atoms with Crippen LogP contribution in [0.5, 0.6) is 0 Å². The smallest absolute Gasteiger partial charge is 0.251 e. The first-order chi connectivity index (χ1) is 14.9. The summed E-state index contributed by atoms with van der Waals surface area (Å²) in [5, 5.41) is 7.37. The number of rotatable bonds is 14. The maximum atomic E-state index is 12.3. The molecule has 0 aliphatic heterocycles. The highest BCUT2D eigenvalue weighted by atomic mass is 16.5. The minimum absolute atomic E-state index is 0.0890. The number of carbonyl (C=O) groups is 1. The molecule has 31 heavy (non-hydrogen) atoms. The maximum absolute atomic E-state index is 12.3. The van der Waals surface area contributed by atoms with E-state index in [9.17, 15) is 4.79 Å². The van der Waals surface area contributed by atoms with Crippen LogP contribution in [0.2, 0.25) is 0 Å². The monoisotopic (exact) mass is 429 g/mol. The SMILES string of the molecule is CC(C)CCCOCCOCCNC(=O)c1ccc(C(C)n2cc(C(C)C)cn2)cc1. The van der Waals surface area contributed by atoms with Crippen molar-refractivity contribution in [3.63, 3.8) is 0 Å². The van der Waals surface area contributed by atoms with Gasteiger partial charge in [0.25, 0.3) is 5.91 Å². The Morgan fingerprint density at radius 3 is 2.26 bits per heavy atom. The highest BCUT2D eigenvalue weighted by molar-refractivity contribution is 5.94. The van der Waals surface area contributed by atoms with Gasteiger partial charge in [-0.1, -0.05) is 39.8 Å². The van der Waals surface area contributed by atoms with Gasteiger partial charge in [-0.15, -0.1) is 0 Å². The lowest BCUT2D eigenvalue weighted by Crippen LogP contribution is -2.27. The summed E-state index contributed by atoms with van der Waals surface area (Å²) >= 11 is 0.